The molecule has 0 aliphatic carbocycles. The maximum absolute atomic E-state index is 12.5. The van der Waals surface area contributed by atoms with Crippen molar-refractivity contribution in [2.75, 3.05) is 18.0 Å². The highest BCUT2D eigenvalue weighted by molar-refractivity contribution is 6.07. The SMILES string of the molecule is C=CCNC(=O)CCN1C(=O)C(C)(C)c2ccccc21. The van der Waals surface area contributed by atoms with Gasteiger partial charge >= 0.3 is 0 Å². The van der Waals surface area contributed by atoms with Gasteiger partial charge in [0.15, 0.2) is 0 Å². The first-order valence-corrected chi connectivity index (χ1v) is 6.77. The van der Waals surface area contributed by atoms with Gasteiger partial charge in [0, 0.05) is 25.2 Å². The van der Waals surface area contributed by atoms with Gasteiger partial charge in [0.2, 0.25) is 11.8 Å². The van der Waals surface area contributed by atoms with Crippen LogP contribution in [0.5, 0.6) is 0 Å². The molecule has 0 radical (unpaired) electrons. The predicted octanol–water partition coefficient (Wildman–Crippen LogP) is 2.00. The second-order valence-corrected chi connectivity index (χ2v) is 5.44. The number of nitrogens with one attached hydrogen (secondary N) is 1. The second kappa shape index (κ2) is 5.49. The fourth-order valence-electron chi connectivity index (χ4n) is 2.51. The summed E-state index contributed by atoms with van der Waals surface area (Å²) in [4.78, 5) is 25.8. The molecule has 106 valence electrons. The zero-order valence-corrected chi connectivity index (χ0v) is 12.0. The van der Waals surface area contributed by atoms with E-state index in [9.17, 15) is 9.59 Å². The monoisotopic (exact) mass is 272 g/mol. The van der Waals surface area contributed by atoms with E-state index in [4.69, 9.17) is 0 Å². The molecule has 0 unspecified atom stereocenters. The van der Waals surface area contributed by atoms with Crippen LogP contribution in [0.25, 0.3) is 0 Å². The van der Waals surface area contributed by atoms with E-state index in [2.05, 4.69) is 11.9 Å². The number of nitrogens with zero attached hydrogens (tertiary/aromatic N) is 1. The number of hydrogen-bond donors (Lipinski definition) is 1. The summed E-state index contributed by atoms with van der Waals surface area (Å²) in [7, 11) is 0. The summed E-state index contributed by atoms with van der Waals surface area (Å²) in [6.45, 7) is 8.26. The molecule has 2 rings (SSSR count). The van der Waals surface area contributed by atoms with E-state index in [0.717, 1.165) is 11.3 Å². The molecular formula is C16H20N2O2. The molecular weight excluding hydrogens is 252 g/mol. The molecule has 0 atom stereocenters. The maximum Gasteiger partial charge on any atom is 0.237 e. The molecule has 1 aromatic rings. The standard InChI is InChI=1S/C16H20N2O2/c1-4-10-17-14(19)9-11-18-13-8-6-5-7-12(13)16(2,3)15(18)20/h4-8H,1,9-11H2,2-3H3,(H,17,19). The lowest BCUT2D eigenvalue weighted by Crippen LogP contribution is -2.38. The highest BCUT2D eigenvalue weighted by atomic mass is 16.2. The van der Waals surface area contributed by atoms with Crippen LogP contribution in [0.2, 0.25) is 0 Å². The molecule has 4 heteroatoms. The van der Waals surface area contributed by atoms with Crippen LogP contribution in [0.15, 0.2) is 36.9 Å². The lowest BCUT2D eigenvalue weighted by molar-refractivity contribution is -0.122. The second-order valence-electron chi connectivity index (χ2n) is 5.44. The molecule has 0 bridgehead atoms. The average molecular weight is 272 g/mol. The van der Waals surface area contributed by atoms with Crippen LogP contribution in [0, 0.1) is 0 Å². The number of benzene rings is 1. The third kappa shape index (κ3) is 2.46. The van der Waals surface area contributed by atoms with Crippen LogP contribution in [0.1, 0.15) is 25.8 Å². The molecule has 0 saturated carbocycles. The molecule has 0 saturated heterocycles. The van der Waals surface area contributed by atoms with Gasteiger partial charge in [-0.15, -0.1) is 6.58 Å². The lowest BCUT2D eigenvalue weighted by Gasteiger charge is -2.20. The van der Waals surface area contributed by atoms with Gasteiger partial charge in [0.05, 0.1) is 5.41 Å². The van der Waals surface area contributed by atoms with Gasteiger partial charge < -0.3 is 10.2 Å². The van der Waals surface area contributed by atoms with E-state index >= 15 is 0 Å². The average Bonchev–Trinajstić information content (AvgIpc) is 2.63. The number of anilines is 1. The summed E-state index contributed by atoms with van der Waals surface area (Å²) in [5.74, 6) is -0.0184. The Morgan fingerprint density at radius 1 is 1.40 bits per heavy atom. The minimum Gasteiger partial charge on any atom is -0.353 e. The van der Waals surface area contributed by atoms with Gasteiger partial charge in [0.25, 0.3) is 0 Å². The largest absolute Gasteiger partial charge is 0.353 e. The molecule has 4 nitrogen and oxygen atoms in total. The summed E-state index contributed by atoms with van der Waals surface area (Å²) >= 11 is 0. The van der Waals surface area contributed by atoms with Crippen LogP contribution >= 0.6 is 0 Å². The normalized spacial score (nSPS) is 15.9. The van der Waals surface area contributed by atoms with Crippen molar-refractivity contribution in [3.8, 4) is 0 Å². The molecule has 1 aromatic carbocycles. The Morgan fingerprint density at radius 2 is 2.10 bits per heavy atom. The van der Waals surface area contributed by atoms with Gasteiger partial charge in [-0.3, -0.25) is 9.59 Å². The first kappa shape index (κ1) is 14.3. The maximum atomic E-state index is 12.5. The fourth-order valence-corrected chi connectivity index (χ4v) is 2.51. The van der Waals surface area contributed by atoms with Crippen LogP contribution in [-0.2, 0) is 15.0 Å². The molecule has 1 N–H and O–H groups in total. The topological polar surface area (TPSA) is 49.4 Å². The smallest absolute Gasteiger partial charge is 0.237 e. The molecule has 0 aromatic heterocycles. The minimum absolute atomic E-state index is 0.0511. The quantitative estimate of drug-likeness (QED) is 0.834. The Kier molecular flexibility index (Phi) is 3.93. The van der Waals surface area contributed by atoms with E-state index in [1.165, 1.54) is 0 Å². The number of hydrogen-bond acceptors (Lipinski definition) is 2. The molecule has 1 heterocycles. The van der Waals surface area contributed by atoms with Gasteiger partial charge in [-0.2, -0.15) is 0 Å². The summed E-state index contributed by atoms with van der Waals surface area (Å²) in [6, 6.07) is 7.76. The first-order valence-electron chi connectivity index (χ1n) is 6.77. The zero-order valence-electron chi connectivity index (χ0n) is 12.0. The van der Waals surface area contributed by atoms with Crippen LogP contribution in [0.3, 0.4) is 0 Å². The van der Waals surface area contributed by atoms with Crippen LogP contribution in [-0.4, -0.2) is 24.9 Å². The minimum atomic E-state index is -0.520. The predicted molar refractivity (Wildman–Crippen MR) is 79.6 cm³/mol. The molecule has 2 amide bonds. The van der Waals surface area contributed by atoms with Crippen LogP contribution < -0.4 is 10.2 Å². The van der Waals surface area contributed by atoms with Gasteiger partial charge in [-0.25, -0.2) is 0 Å². The molecule has 0 spiro atoms. The number of para-hydroxylation sites is 1. The zero-order chi connectivity index (χ0) is 14.8. The third-order valence-electron chi connectivity index (χ3n) is 3.65. The lowest BCUT2D eigenvalue weighted by atomic mass is 9.86. The highest BCUT2D eigenvalue weighted by Gasteiger charge is 2.43. The van der Waals surface area contributed by atoms with E-state index < -0.39 is 5.41 Å². The van der Waals surface area contributed by atoms with Crippen molar-refractivity contribution in [2.24, 2.45) is 0 Å². The number of fused-ring (bicyclic) bond motifs is 1. The summed E-state index contributed by atoms with van der Waals surface area (Å²) in [5, 5.41) is 2.72. The van der Waals surface area contributed by atoms with E-state index in [1.54, 1.807) is 11.0 Å². The Labute approximate surface area is 119 Å². The third-order valence-corrected chi connectivity index (χ3v) is 3.65. The number of carbonyl (C=O) groups excluding carboxylic acids is 2. The number of amides is 2. The molecule has 1 aliphatic rings. The number of rotatable bonds is 5. The van der Waals surface area contributed by atoms with E-state index in [0.29, 0.717) is 19.5 Å². The Balaban J connectivity index is 2.11. The molecule has 0 fully saturated rings. The van der Waals surface area contributed by atoms with Crippen molar-refractivity contribution in [1.29, 1.82) is 0 Å². The summed E-state index contributed by atoms with van der Waals surface area (Å²) in [6.07, 6.45) is 1.93. The van der Waals surface area contributed by atoms with Crippen molar-refractivity contribution in [1.82, 2.24) is 5.32 Å². The van der Waals surface area contributed by atoms with Crippen molar-refractivity contribution in [2.45, 2.75) is 25.7 Å². The van der Waals surface area contributed by atoms with Crippen molar-refractivity contribution < 1.29 is 9.59 Å². The summed E-state index contributed by atoms with van der Waals surface area (Å²) < 4.78 is 0. The summed E-state index contributed by atoms with van der Waals surface area (Å²) in [5.41, 5.74) is 1.42. The number of carbonyl (C=O) groups is 2. The van der Waals surface area contributed by atoms with Crippen molar-refractivity contribution in [3.63, 3.8) is 0 Å². The molecule has 20 heavy (non-hydrogen) atoms. The van der Waals surface area contributed by atoms with Gasteiger partial charge in [-0.05, 0) is 25.5 Å². The molecule has 1 aliphatic heterocycles. The van der Waals surface area contributed by atoms with E-state index in [-0.39, 0.29) is 11.8 Å². The Bertz CT molecular complexity index is 549. The Morgan fingerprint density at radius 3 is 2.80 bits per heavy atom. The fraction of sp³-hybridized carbons (Fsp3) is 0.375. The van der Waals surface area contributed by atoms with Gasteiger partial charge in [0.1, 0.15) is 0 Å². The van der Waals surface area contributed by atoms with Gasteiger partial charge in [-0.1, -0.05) is 24.3 Å². The van der Waals surface area contributed by atoms with Crippen LogP contribution in [0.4, 0.5) is 5.69 Å². The van der Waals surface area contributed by atoms with E-state index in [1.807, 2.05) is 38.1 Å². The van der Waals surface area contributed by atoms with Crippen molar-refractivity contribution >= 4 is 17.5 Å². The highest BCUT2D eigenvalue weighted by Crippen LogP contribution is 2.41. The Hall–Kier alpha value is -2.10. The first-order chi connectivity index (χ1) is 9.48. The van der Waals surface area contributed by atoms with Crippen molar-refractivity contribution in [3.05, 3.63) is 42.5 Å².